The molecule has 1 aromatic carbocycles. The molecule has 4 nitrogen and oxygen atoms in total. The van der Waals surface area contributed by atoms with Crippen LogP contribution >= 0.6 is 0 Å². The highest BCUT2D eigenvalue weighted by molar-refractivity contribution is 5.80. The van der Waals surface area contributed by atoms with Gasteiger partial charge in [0, 0.05) is 26.7 Å². The van der Waals surface area contributed by atoms with Crippen LogP contribution in [0.5, 0.6) is 0 Å². The van der Waals surface area contributed by atoms with E-state index in [2.05, 4.69) is 35.2 Å². The van der Waals surface area contributed by atoms with Crippen molar-refractivity contribution in [2.75, 3.05) is 26.7 Å². The van der Waals surface area contributed by atoms with E-state index in [1.807, 2.05) is 20.9 Å². The molecule has 23 heavy (non-hydrogen) atoms. The highest BCUT2D eigenvalue weighted by Crippen LogP contribution is 2.18. The highest BCUT2D eigenvalue weighted by Gasteiger charge is 2.23. The third-order valence-corrected chi connectivity index (χ3v) is 4.61. The number of likely N-dealkylation sites (N-methyl/N-ethyl adjacent to an activating group) is 1. The number of rotatable bonds is 6. The maximum Gasteiger partial charge on any atom is 0.251 e. The molecule has 0 saturated carbocycles. The van der Waals surface area contributed by atoms with E-state index in [4.69, 9.17) is 4.74 Å². The van der Waals surface area contributed by atoms with E-state index in [1.165, 1.54) is 5.56 Å². The Morgan fingerprint density at radius 1 is 1.30 bits per heavy atom. The summed E-state index contributed by atoms with van der Waals surface area (Å²) in [5.74, 6) is 0.0814. The molecular weight excluding hydrogens is 288 g/mol. The molecule has 0 spiro atoms. The summed E-state index contributed by atoms with van der Waals surface area (Å²) < 4.78 is 6.04. The molecule has 2 atom stereocenters. The van der Waals surface area contributed by atoms with Crippen molar-refractivity contribution in [3.63, 3.8) is 0 Å². The molecule has 0 aromatic heterocycles. The van der Waals surface area contributed by atoms with Crippen LogP contribution in [0.4, 0.5) is 0 Å². The van der Waals surface area contributed by atoms with Gasteiger partial charge < -0.3 is 9.64 Å². The average Bonchev–Trinajstić information content (AvgIpc) is 2.79. The van der Waals surface area contributed by atoms with Crippen molar-refractivity contribution in [1.29, 1.82) is 0 Å². The molecule has 2 rings (SSSR count). The molecule has 0 radical (unpaired) electrons. The van der Waals surface area contributed by atoms with Gasteiger partial charge in [-0.1, -0.05) is 30.3 Å². The Hall–Kier alpha value is -1.39. The van der Waals surface area contributed by atoms with Crippen LogP contribution in [0.15, 0.2) is 30.3 Å². The number of amides is 1. The zero-order chi connectivity index (χ0) is 16.7. The Morgan fingerprint density at radius 2 is 2.04 bits per heavy atom. The molecule has 0 bridgehead atoms. The molecule has 1 aliphatic heterocycles. The van der Waals surface area contributed by atoms with E-state index in [0.29, 0.717) is 0 Å². The summed E-state index contributed by atoms with van der Waals surface area (Å²) in [4.78, 5) is 16.3. The summed E-state index contributed by atoms with van der Waals surface area (Å²) in [6.45, 7) is 7.72. The summed E-state index contributed by atoms with van der Waals surface area (Å²) in [5, 5.41) is 0. The predicted molar refractivity (Wildman–Crippen MR) is 93.2 cm³/mol. The first-order valence-corrected chi connectivity index (χ1v) is 8.77. The van der Waals surface area contributed by atoms with Crippen LogP contribution in [-0.4, -0.2) is 54.6 Å². The van der Waals surface area contributed by atoms with Crippen LogP contribution in [0.2, 0.25) is 0 Å². The molecule has 1 amide bonds. The van der Waals surface area contributed by atoms with Crippen LogP contribution in [-0.2, 0) is 16.1 Å². The van der Waals surface area contributed by atoms with Crippen LogP contribution < -0.4 is 0 Å². The summed E-state index contributed by atoms with van der Waals surface area (Å²) in [6.07, 6.45) is 3.02. The molecule has 1 aliphatic rings. The van der Waals surface area contributed by atoms with Crippen LogP contribution in [0, 0.1) is 0 Å². The third kappa shape index (κ3) is 5.63. The summed E-state index contributed by atoms with van der Waals surface area (Å²) in [5.41, 5.74) is 1.36. The summed E-state index contributed by atoms with van der Waals surface area (Å²) >= 11 is 0. The Bertz CT molecular complexity index is 478. The lowest BCUT2D eigenvalue weighted by Gasteiger charge is -2.24. The van der Waals surface area contributed by atoms with E-state index in [1.54, 1.807) is 4.90 Å². The van der Waals surface area contributed by atoms with Gasteiger partial charge in [0.25, 0.3) is 5.91 Å². The van der Waals surface area contributed by atoms with Crippen molar-refractivity contribution in [3.8, 4) is 0 Å². The van der Waals surface area contributed by atoms with Gasteiger partial charge in [0.2, 0.25) is 0 Å². The molecule has 0 N–H and O–H groups in total. The fourth-order valence-electron chi connectivity index (χ4n) is 3.07. The zero-order valence-electron chi connectivity index (χ0n) is 14.7. The number of carbonyl (C=O) groups excluding carboxylic acids is 1. The topological polar surface area (TPSA) is 32.8 Å². The standard InChI is InChI=1S/C19H30N2O2/c1-4-20(3)19(22)16(2)23-18-11-8-13-21(14-12-18)15-17-9-6-5-7-10-17/h5-7,9-10,16,18H,4,8,11-15H2,1-3H3. The quantitative estimate of drug-likeness (QED) is 0.808. The fraction of sp³-hybridized carbons (Fsp3) is 0.632. The largest absolute Gasteiger partial charge is 0.365 e. The average molecular weight is 318 g/mol. The molecule has 1 fully saturated rings. The van der Waals surface area contributed by atoms with Crippen molar-refractivity contribution in [1.82, 2.24) is 9.80 Å². The number of nitrogens with zero attached hydrogens (tertiary/aromatic N) is 2. The number of ether oxygens (including phenoxy) is 1. The van der Waals surface area contributed by atoms with E-state index < -0.39 is 0 Å². The van der Waals surface area contributed by atoms with Gasteiger partial charge in [0.15, 0.2) is 0 Å². The first kappa shape index (κ1) is 18.0. The summed E-state index contributed by atoms with van der Waals surface area (Å²) in [7, 11) is 1.83. The van der Waals surface area contributed by atoms with Crippen LogP contribution in [0.3, 0.4) is 0 Å². The molecule has 4 heteroatoms. The van der Waals surface area contributed by atoms with Gasteiger partial charge >= 0.3 is 0 Å². The lowest BCUT2D eigenvalue weighted by atomic mass is 10.1. The van der Waals surface area contributed by atoms with E-state index in [-0.39, 0.29) is 18.1 Å². The van der Waals surface area contributed by atoms with Gasteiger partial charge in [-0.25, -0.2) is 0 Å². The number of hydrogen-bond acceptors (Lipinski definition) is 3. The second-order valence-electron chi connectivity index (χ2n) is 6.45. The van der Waals surface area contributed by atoms with E-state index >= 15 is 0 Å². The lowest BCUT2D eigenvalue weighted by Crippen LogP contribution is -2.38. The monoisotopic (exact) mass is 318 g/mol. The minimum absolute atomic E-state index is 0.0814. The van der Waals surface area contributed by atoms with Gasteiger partial charge in [0.05, 0.1) is 6.10 Å². The smallest absolute Gasteiger partial charge is 0.251 e. The van der Waals surface area contributed by atoms with Crippen molar-refractivity contribution >= 4 is 5.91 Å². The van der Waals surface area contributed by atoms with Crippen molar-refractivity contribution in [3.05, 3.63) is 35.9 Å². The molecular formula is C19H30N2O2. The second kappa shape index (κ2) is 9.04. The number of benzene rings is 1. The Labute approximate surface area is 140 Å². The van der Waals surface area contributed by atoms with Gasteiger partial charge in [-0.05, 0) is 45.2 Å². The molecule has 128 valence electrons. The SMILES string of the molecule is CCN(C)C(=O)C(C)OC1CCCN(Cc2ccccc2)CC1. The lowest BCUT2D eigenvalue weighted by molar-refractivity contribution is -0.145. The second-order valence-corrected chi connectivity index (χ2v) is 6.45. The molecule has 1 aromatic rings. The van der Waals surface area contributed by atoms with Gasteiger partial charge in [-0.15, -0.1) is 0 Å². The number of carbonyl (C=O) groups is 1. The zero-order valence-corrected chi connectivity index (χ0v) is 14.7. The van der Waals surface area contributed by atoms with Crippen molar-refractivity contribution in [2.45, 2.75) is 51.9 Å². The Kier molecular flexibility index (Phi) is 7.06. The minimum atomic E-state index is -0.342. The Morgan fingerprint density at radius 3 is 2.74 bits per heavy atom. The van der Waals surface area contributed by atoms with Crippen molar-refractivity contribution in [2.24, 2.45) is 0 Å². The number of likely N-dealkylation sites (tertiary alicyclic amines) is 1. The molecule has 2 unspecified atom stereocenters. The first-order chi connectivity index (χ1) is 11.1. The van der Waals surface area contributed by atoms with Gasteiger partial charge in [0.1, 0.15) is 6.10 Å². The van der Waals surface area contributed by atoms with Gasteiger partial charge in [-0.2, -0.15) is 0 Å². The minimum Gasteiger partial charge on any atom is -0.365 e. The normalized spacial score (nSPS) is 20.7. The van der Waals surface area contributed by atoms with Gasteiger partial charge in [-0.3, -0.25) is 9.69 Å². The highest BCUT2D eigenvalue weighted by atomic mass is 16.5. The molecule has 1 heterocycles. The third-order valence-electron chi connectivity index (χ3n) is 4.61. The molecule has 0 aliphatic carbocycles. The van der Waals surface area contributed by atoms with E-state index in [0.717, 1.165) is 45.4 Å². The maximum absolute atomic E-state index is 12.1. The first-order valence-electron chi connectivity index (χ1n) is 8.77. The predicted octanol–water partition coefficient (Wildman–Crippen LogP) is 2.92. The summed E-state index contributed by atoms with van der Waals surface area (Å²) in [6, 6.07) is 10.6. The number of hydrogen-bond donors (Lipinski definition) is 0. The fourth-order valence-corrected chi connectivity index (χ4v) is 3.07. The van der Waals surface area contributed by atoms with Crippen LogP contribution in [0.1, 0.15) is 38.7 Å². The molecule has 1 saturated heterocycles. The van der Waals surface area contributed by atoms with Crippen molar-refractivity contribution < 1.29 is 9.53 Å². The van der Waals surface area contributed by atoms with Crippen LogP contribution in [0.25, 0.3) is 0 Å². The van der Waals surface area contributed by atoms with E-state index in [9.17, 15) is 4.79 Å². The Balaban J connectivity index is 1.80. The maximum atomic E-state index is 12.1.